The molecular formula is C6H12O5. The Labute approximate surface area is 63.8 Å². The molecule has 0 saturated carbocycles. The molecule has 0 unspecified atom stereocenters. The maximum absolute atomic E-state index is 9.19. The van der Waals surface area contributed by atoms with Gasteiger partial charge in [0.15, 0.2) is 5.79 Å². The second-order valence-corrected chi connectivity index (χ2v) is 2.87. The first-order chi connectivity index (χ1) is 4.95. The van der Waals surface area contributed by atoms with E-state index < -0.39 is 24.1 Å². The molecule has 0 aliphatic carbocycles. The van der Waals surface area contributed by atoms with Gasteiger partial charge in [0.25, 0.3) is 0 Å². The fourth-order valence-corrected chi connectivity index (χ4v) is 0.965. The molecule has 1 fully saturated rings. The van der Waals surface area contributed by atoms with Gasteiger partial charge in [-0.05, 0) is 6.92 Å². The summed E-state index contributed by atoms with van der Waals surface area (Å²) in [6.45, 7) is 1.05. The highest BCUT2D eigenvalue weighted by atomic mass is 16.6. The van der Waals surface area contributed by atoms with Crippen LogP contribution in [0.1, 0.15) is 6.92 Å². The number of hydrogen-bond acceptors (Lipinski definition) is 5. The Morgan fingerprint density at radius 1 is 1.36 bits per heavy atom. The molecule has 1 saturated heterocycles. The monoisotopic (exact) mass is 164 g/mol. The molecule has 1 aliphatic rings. The standard InChI is InChI=1S/C6H12O5/c1-6(10)5(9)4(8)3(7)2-11-6/h3-5,7-10H,2H2,1H3/t3-,4+,5+,6+/m1/s1. The van der Waals surface area contributed by atoms with Crippen LogP contribution in [0.4, 0.5) is 0 Å². The Kier molecular flexibility index (Phi) is 2.17. The summed E-state index contributed by atoms with van der Waals surface area (Å²) in [5.41, 5.74) is 0. The molecule has 0 aromatic heterocycles. The van der Waals surface area contributed by atoms with E-state index in [1.807, 2.05) is 0 Å². The van der Waals surface area contributed by atoms with Crippen molar-refractivity contribution >= 4 is 0 Å². The van der Waals surface area contributed by atoms with Crippen molar-refractivity contribution in [1.29, 1.82) is 0 Å². The first kappa shape index (κ1) is 8.89. The molecule has 1 aliphatic heterocycles. The molecule has 0 radical (unpaired) electrons. The number of hydrogen-bond donors (Lipinski definition) is 4. The molecule has 1 rings (SSSR count). The summed E-state index contributed by atoms with van der Waals surface area (Å²) in [6.07, 6.45) is -3.95. The lowest BCUT2D eigenvalue weighted by Crippen LogP contribution is -2.59. The lowest BCUT2D eigenvalue weighted by molar-refractivity contribution is -0.312. The van der Waals surface area contributed by atoms with Crippen LogP contribution in [-0.2, 0) is 4.74 Å². The van der Waals surface area contributed by atoms with Crippen LogP contribution in [-0.4, -0.2) is 51.1 Å². The Hall–Kier alpha value is -0.200. The number of rotatable bonds is 0. The molecule has 5 nitrogen and oxygen atoms in total. The van der Waals surface area contributed by atoms with Gasteiger partial charge >= 0.3 is 0 Å². The normalized spacial score (nSPS) is 52.6. The average Bonchev–Trinajstić information content (AvgIpc) is 1.95. The van der Waals surface area contributed by atoms with Gasteiger partial charge in [-0.15, -0.1) is 0 Å². The Balaban J connectivity index is 2.67. The van der Waals surface area contributed by atoms with E-state index in [4.69, 9.17) is 15.3 Å². The van der Waals surface area contributed by atoms with E-state index in [0.717, 1.165) is 0 Å². The average molecular weight is 164 g/mol. The van der Waals surface area contributed by atoms with Gasteiger partial charge in [-0.1, -0.05) is 0 Å². The summed E-state index contributed by atoms with van der Waals surface area (Å²) in [7, 11) is 0. The SMILES string of the molecule is C[C@]1(O)OC[C@@H](O)[C@H](O)[C@@H]1O. The van der Waals surface area contributed by atoms with Gasteiger partial charge in [-0.2, -0.15) is 0 Å². The van der Waals surface area contributed by atoms with Crippen LogP contribution in [0.2, 0.25) is 0 Å². The van der Waals surface area contributed by atoms with Gasteiger partial charge in [0.2, 0.25) is 0 Å². The van der Waals surface area contributed by atoms with Gasteiger partial charge in [0, 0.05) is 0 Å². The van der Waals surface area contributed by atoms with E-state index in [-0.39, 0.29) is 6.61 Å². The highest BCUT2D eigenvalue weighted by Crippen LogP contribution is 2.22. The van der Waals surface area contributed by atoms with Crippen LogP contribution in [0.5, 0.6) is 0 Å². The van der Waals surface area contributed by atoms with E-state index in [1.54, 1.807) is 0 Å². The van der Waals surface area contributed by atoms with Crippen LogP contribution in [0.15, 0.2) is 0 Å². The minimum atomic E-state index is -1.77. The predicted molar refractivity (Wildman–Crippen MR) is 34.6 cm³/mol. The summed E-state index contributed by atoms with van der Waals surface area (Å²) < 4.78 is 4.66. The van der Waals surface area contributed by atoms with E-state index in [2.05, 4.69) is 4.74 Å². The minimum absolute atomic E-state index is 0.175. The molecule has 0 spiro atoms. The molecule has 4 N–H and O–H groups in total. The van der Waals surface area contributed by atoms with Gasteiger partial charge in [-0.25, -0.2) is 0 Å². The third kappa shape index (κ3) is 1.52. The van der Waals surface area contributed by atoms with Crippen LogP contribution >= 0.6 is 0 Å². The van der Waals surface area contributed by atoms with Gasteiger partial charge < -0.3 is 25.2 Å². The molecule has 0 bridgehead atoms. The summed E-state index contributed by atoms with van der Waals surface area (Å²) in [5, 5.41) is 36.3. The van der Waals surface area contributed by atoms with E-state index in [1.165, 1.54) is 6.92 Å². The molecular weight excluding hydrogens is 152 g/mol. The van der Waals surface area contributed by atoms with E-state index in [9.17, 15) is 5.11 Å². The number of aliphatic hydroxyl groups is 4. The van der Waals surface area contributed by atoms with Gasteiger partial charge in [0.1, 0.15) is 18.3 Å². The molecule has 1 heterocycles. The smallest absolute Gasteiger partial charge is 0.191 e. The van der Waals surface area contributed by atoms with Crippen LogP contribution in [0.25, 0.3) is 0 Å². The van der Waals surface area contributed by atoms with Crippen LogP contribution in [0, 0.1) is 0 Å². The fraction of sp³-hybridized carbons (Fsp3) is 1.00. The predicted octanol–water partition coefficient (Wildman–Crippen LogP) is -2.19. The zero-order valence-corrected chi connectivity index (χ0v) is 6.14. The quantitative estimate of drug-likeness (QED) is 0.326. The topological polar surface area (TPSA) is 90.2 Å². The number of ether oxygens (including phenoxy) is 1. The molecule has 5 heteroatoms. The van der Waals surface area contributed by atoms with E-state index >= 15 is 0 Å². The zero-order chi connectivity index (χ0) is 8.65. The molecule has 66 valence electrons. The Bertz CT molecular complexity index is 146. The van der Waals surface area contributed by atoms with Crippen molar-refractivity contribution in [3.63, 3.8) is 0 Å². The lowest BCUT2D eigenvalue weighted by atomic mass is 9.98. The maximum atomic E-state index is 9.19. The van der Waals surface area contributed by atoms with Crippen molar-refractivity contribution < 1.29 is 25.2 Å². The summed E-state index contributed by atoms with van der Waals surface area (Å²) in [6, 6.07) is 0. The lowest BCUT2D eigenvalue weighted by Gasteiger charge is -2.39. The van der Waals surface area contributed by atoms with Crippen molar-refractivity contribution in [2.24, 2.45) is 0 Å². The molecule has 11 heavy (non-hydrogen) atoms. The summed E-state index contributed by atoms with van der Waals surface area (Å²) >= 11 is 0. The van der Waals surface area contributed by atoms with Crippen LogP contribution in [0.3, 0.4) is 0 Å². The van der Waals surface area contributed by atoms with E-state index in [0.29, 0.717) is 0 Å². The fourth-order valence-electron chi connectivity index (χ4n) is 0.965. The van der Waals surface area contributed by atoms with Gasteiger partial charge in [-0.3, -0.25) is 0 Å². The molecule has 0 amide bonds. The second kappa shape index (κ2) is 2.69. The van der Waals surface area contributed by atoms with Crippen molar-refractivity contribution in [3.8, 4) is 0 Å². The maximum Gasteiger partial charge on any atom is 0.191 e. The summed E-state index contributed by atoms with van der Waals surface area (Å²) in [5.74, 6) is -1.77. The highest BCUT2D eigenvalue weighted by Gasteiger charge is 2.44. The second-order valence-electron chi connectivity index (χ2n) is 2.87. The molecule has 4 atom stereocenters. The van der Waals surface area contributed by atoms with Gasteiger partial charge in [0.05, 0.1) is 6.61 Å². The van der Waals surface area contributed by atoms with Crippen molar-refractivity contribution in [2.75, 3.05) is 6.61 Å². The molecule has 0 aromatic rings. The highest BCUT2D eigenvalue weighted by molar-refractivity contribution is 4.88. The number of aliphatic hydroxyl groups excluding tert-OH is 3. The van der Waals surface area contributed by atoms with Crippen molar-refractivity contribution in [1.82, 2.24) is 0 Å². The third-order valence-electron chi connectivity index (χ3n) is 1.81. The third-order valence-corrected chi connectivity index (χ3v) is 1.81. The van der Waals surface area contributed by atoms with Crippen LogP contribution < -0.4 is 0 Å². The minimum Gasteiger partial charge on any atom is -0.388 e. The summed E-state index contributed by atoms with van der Waals surface area (Å²) in [4.78, 5) is 0. The zero-order valence-electron chi connectivity index (χ0n) is 6.14. The largest absolute Gasteiger partial charge is 0.388 e. The Morgan fingerprint density at radius 2 is 1.91 bits per heavy atom. The van der Waals surface area contributed by atoms with Crippen molar-refractivity contribution in [3.05, 3.63) is 0 Å². The Morgan fingerprint density at radius 3 is 2.36 bits per heavy atom. The first-order valence-electron chi connectivity index (χ1n) is 3.35. The first-order valence-corrected chi connectivity index (χ1v) is 3.35. The van der Waals surface area contributed by atoms with Crippen molar-refractivity contribution in [2.45, 2.75) is 31.0 Å². The molecule has 0 aromatic carbocycles.